The van der Waals surface area contributed by atoms with Crippen LogP contribution in [0.5, 0.6) is 0 Å². The van der Waals surface area contributed by atoms with Crippen LogP contribution in [0.4, 0.5) is 0 Å². The standard InChI is InChI=1S/C14H17N3O/c1-10-7-16-11(8-15-10)9-17-6-5-12-13(17)3-2-4-14(12)18/h5-8,14,18H,2-4,9H2,1H3. The van der Waals surface area contributed by atoms with Gasteiger partial charge in [0.25, 0.3) is 0 Å². The Balaban J connectivity index is 1.87. The van der Waals surface area contributed by atoms with E-state index in [4.69, 9.17) is 0 Å². The second kappa shape index (κ2) is 4.53. The number of aliphatic hydroxyl groups excluding tert-OH is 1. The van der Waals surface area contributed by atoms with Gasteiger partial charge in [0.15, 0.2) is 0 Å². The Morgan fingerprint density at radius 2 is 2.28 bits per heavy atom. The number of aryl methyl sites for hydroxylation is 1. The average Bonchev–Trinajstić information content (AvgIpc) is 2.77. The SMILES string of the molecule is Cc1cnc(Cn2ccc3c2CCCC3O)cn1. The van der Waals surface area contributed by atoms with Crippen LogP contribution in [0.25, 0.3) is 0 Å². The van der Waals surface area contributed by atoms with Crippen LogP contribution in [0, 0.1) is 6.92 Å². The van der Waals surface area contributed by atoms with Gasteiger partial charge in [-0.25, -0.2) is 0 Å². The van der Waals surface area contributed by atoms with E-state index < -0.39 is 0 Å². The fraction of sp³-hybridized carbons (Fsp3) is 0.429. The summed E-state index contributed by atoms with van der Waals surface area (Å²) in [6.45, 7) is 2.67. The molecule has 2 aromatic heterocycles. The van der Waals surface area contributed by atoms with Crippen molar-refractivity contribution in [3.05, 3.63) is 47.3 Å². The van der Waals surface area contributed by atoms with E-state index in [1.54, 1.807) is 6.20 Å². The minimum absolute atomic E-state index is 0.292. The van der Waals surface area contributed by atoms with E-state index in [-0.39, 0.29) is 6.10 Å². The smallest absolute Gasteiger partial charge is 0.0807 e. The molecule has 0 radical (unpaired) electrons. The third-order valence-corrected chi connectivity index (χ3v) is 3.53. The lowest BCUT2D eigenvalue weighted by Gasteiger charge is -2.20. The Labute approximate surface area is 106 Å². The van der Waals surface area contributed by atoms with Crippen molar-refractivity contribution in [3.63, 3.8) is 0 Å². The second-order valence-electron chi connectivity index (χ2n) is 4.90. The third-order valence-electron chi connectivity index (χ3n) is 3.53. The summed E-state index contributed by atoms with van der Waals surface area (Å²) in [5.41, 5.74) is 4.22. The predicted octanol–water partition coefficient (Wildman–Crippen LogP) is 2.00. The highest BCUT2D eigenvalue weighted by molar-refractivity contribution is 5.28. The monoisotopic (exact) mass is 243 g/mol. The fourth-order valence-electron chi connectivity index (χ4n) is 2.56. The molecule has 3 rings (SSSR count). The highest BCUT2D eigenvalue weighted by Gasteiger charge is 2.21. The molecular formula is C14H17N3O. The molecule has 0 fully saturated rings. The van der Waals surface area contributed by atoms with Gasteiger partial charge < -0.3 is 9.67 Å². The molecule has 0 aliphatic heterocycles. The molecule has 0 aromatic carbocycles. The molecule has 1 aliphatic carbocycles. The van der Waals surface area contributed by atoms with E-state index in [9.17, 15) is 5.11 Å². The van der Waals surface area contributed by atoms with Gasteiger partial charge in [-0.2, -0.15) is 0 Å². The molecule has 0 saturated heterocycles. The maximum Gasteiger partial charge on any atom is 0.0807 e. The zero-order chi connectivity index (χ0) is 12.5. The summed E-state index contributed by atoms with van der Waals surface area (Å²) < 4.78 is 2.18. The molecule has 0 amide bonds. The average molecular weight is 243 g/mol. The Morgan fingerprint density at radius 3 is 3.06 bits per heavy atom. The molecule has 1 aliphatic rings. The first-order chi connectivity index (χ1) is 8.74. The summed E-state index contributed by atoms with van der Waals surface area (Å²) in [6.07, 6.45) is 8.33. The summed E-state index contributed by atoms with van der Waals surface area (Å²) in [6, 6.07) is 2.03. The number of nitrogens with zero attached hydrogens (tertiary/aromatic N) is 3. The van der Waals surface area contributed by atoms with Crippen LogP contribution in [0.2, 0.25) is 0 Å². The minimum atomic E-state index is -0.292. The number of aromatic nitrogens is 3. The van der Waals surface area contributed by atoms with Crippen molar-refractivity contribution < 1.29 is 5.11 Å². The van der Waals surface area contributed by atoms with Crippen molar-refractivity contribution in [1.29, 1.82) is 0 Å². The highest BCUT2D eigenvalue weighted by atomic mass is 16.3. The molecule has 2 aromatic rings. The summed E-state index contributed by atoms with van der Waals surface area (Å²) in [5.74, 6) is 0. The van der Waals surface area contributed by atoms with Gasteiger partial charge in [0.1, 0.15) is 0 Å². The normalized spacial score (nSPS) is 18.7. The topological polar surface area (TPSA) is 50.9 Å². The van der Waals surface area contributed by atoms with Crippen molar-refractivity contribution in [2.75, 3.05) is 0 Å². The largest absolute Gasteiger partial charge is 0.388 e. The van der Waals surface area contributed by atoms with E-state index >= 15 is 0 Å². The van der Waals surface area contributed by atoms with Gasteiger partial charge in [-0.3, -0.25) is 9.97 Å². The molecule has 18 heavy (non-hydrogen) atoms. The van der Waals surface area contributed by atoms with Gasteiger partial charge in [0.2, 0.25) is 0 Å². The Bertz CT molecular complexity index is 545. The molecule has 0 bridgehead atoms. The lowest BCUT2D eigenvalue weighted by molar-refractivity contribution is 0.155. The van der Waals surface area contributed by atoms with Gasteiger partial charge >= 0.3 is 0 Å². The number of fused-ring (bicyclic) bond motifs is 1. The van der Waals surface area contributed by atoms with Gasteiger partial charge in [-0.15, -0.1) is 0 Å². The molecular weight excluding hydrogens is 226 g/mol. The van der Waals surface area contributed by atoms with Crippen LogP contribution in [0.15, 0.2) is 24.7 Å². The number of hydrogen-bond acceptors (Lipinski definition) is 3. The highest BCUT2D eigenvalue weighted by Crippen LogP contribution is 2.30. The van der Waals surface area contributed by atoms with Crippen LogP contribution >= 0.6 is 0 Å². The molecule has 94 valence electrons. The molecule has 2 heterocycles. The summed E-state index contributed by atoms with van der Waals surface area (Å²) in [7, 11) is 0. The van der Waals surface area contributed by atoms with Crippen molar-refractivity contribution >= 4 is 0 Å². The third kappa shape index (κ3) is 2.04. The van der Waals surface area contributed by atoms with E-state index in [0.29, 0.717) is 0 Å². The second-order valence-corrected chi connectivity index (χ2v) is 4.90. The molecule has 4 nitrogen and oxygen atoms in total. The van der Waals surface area contributed by atoms with E-state index in [1.807, 2.05) is 25.4 Å². The zero-order valence-electron chi connectivity index (χ0n) is 10.5. The number of aliphatic hydroxyl groups is 1. The van der Waals surface area contributed by atoms with E-state index in [1.165, 1.54) is 5.69 Å². The van der Waals surface area contributed by atoms with Crippen molar-refractivity contribution in [3.8, 4) is 0 Å². The van der Waals surface area contributed by atoms with Gasteiger partial charge in [-0.05, 0) is 32.3 Å². The first kappa shape index (κ1) is 11.4. The van der Waals surface area contributed by atoms with Crippen molar-refractivity contribution in [2.45, 2.75) is 38.8 Å². The molecule has 1 N–H and O–H groups in total. The van der Waals surface area contributed by atoms with Crippen LogP contribution in [-0.4, -0.2) is 19.6 Å². The summed E-state index contributed by atoms with van der Waals surface area (Å²) >= 11 is 0. The molecule has 0 spiro atoms. The molecule has 4 heteroatoms. The van der Waals surface area contributed by atoms with Crippen molar-refractivity contribution in [2.24, 2.45) is 0 Å². The first-order valence-electron chi connectivity index (χ1n) is 6.37. The van der Waals surface area contributed by atoms with Crippen LogP contribution in [-0.2, 0) is 13.0 Å². The Kier molecular flexibility index (Phi) is 2.88. The first-order valence-corrected chi connectivity index (χ1v) is 6.37. The van der Waals surface area contributed by atoms with E-state index in [2.05, 4.69) is 14.5 Å². The van der Waals surface area contributed by atoms with Gasteiger partial charge in [0.05, 0.1) is 30.2 Å². The predicted molar refractivity (Wildman–Crippen MR) is 68.2 cm³/mol. The van der Waals surface area contributed by atoms with E-state index in [0.717, 1.165) is 42.8 Å². The fourth-order valence-corrected chi connectivity index (χ4v) is 2.56. The number of hydrogen-bond donors (Lipinski definition) is 1. The van der Waals surface area contributed by atoms with Gasteiger partial charge in [0, 0.05) is 23.7 Å². The Hall–Kier alpha value is -1.68. The van der Waals surface area contributed by atoms with Crippen LogP contribution < -0.4 is 0 Å². The number of rotatable bonds is 2. The van der Waals surface area contributed by atoms with Crippen LogP contribution in [0.1, 0.15) is 41.6 Å². The molecule has 1 atom stereocenters. The quantitative estimate of drug-likeness (QED) is 0.877. The maximum atomic E-state index is 9.94. The lowest BCUT2D eigenvalue weighted by atomic mass is 9.95. The molecule has 0 saturated carbocycles. The van der Waals surface area contributed by atoms with Crippen molar-refractivity contribution in [1.82, 2.24) is 14.5 Å². The lowest BCUT2D eigenvalue weighted by Crippen LogP contribution is -2.13. The maximum absolute atomic E-state index is 9.94. The summed E-state index contributed by atoms with van der Waals surface area (Å²) in [4.78, 5) is 8.64. The Morgan fingerprint density at radius 1 is 1.39 bits per heavy atom. The van der Waals surface area contributed by atoms with Crippen LogP contribution in [0.3, 0.4) is 0 Å². The zero-order valence-corrected chi connectivity index (χ0v) is 10.5. The summed E-state index contributed by atoms with van der Waals surface area (Å²) in [5, 5.41) is 9.94. The molecule has 1 unspecified atom stereocenters. The van der Waals surface area contributed by atoms with Gasteiger partial charge in [-0.1, -0.05) is 0 Å². The minimum Gasteiger partial charge on any atom is -0.388 e.